The second-order valence-corrected chi connectivity index (χ2v) is 5.22. The Kier molecular flexibility index (Phi) is 3.40. The Morgan fingerprint density at radius 1 is 1.44 bits per heavy atom. The summed E-state index contributed by atoms with van der Waals surface area (Å²) in [6, 6.07) is 2.85. The molecule has 0 atom stereocenters. The van der Waals surface area contributed by atoms with E-state index in [-0.39, 0.29) is 18.5 Å². The van der Waals surface area contributed by atoms with Gasteiger partial charge in [0.2, 0.25) is 0 Å². The van der Waals surface area contributed by atoms with Crippen LogP contribution in [0.15, 0.2) is 16.6 Å². The number of amides is 1. The molecular weight excluding hydrogens is 311 g/mol. The summed E-state index contributed by atoms with van der Waals surface area (Å²) in [5, 5.41) is 0. The number of carbonyl (C=O) groups is 1. The fourth-order valence-electron chi connectivity index (χ4n) is 1.91. The number of hydrogen-bond acceptors (Lipinski definition) is 1. The molecule has 0 bridgehead atoms. The van der Waals surface area contributed by atoms with Crippen LogP contribution in [0.25, 0.3) is 0 Å². The van der Waals surface area contributed by atoms with Crippen LogP contribution in [0.2, 0.25) is 0 Å². The van der Waals surface area contributed by atoms with Gasteiger partial charge < -0.3 is 4.90 Å². The highest BCUT2D eigenvalue weighted by molar-refractivity contribution is 9.10. The number of nitrogens with zero attached hydrogens (tertiary/aromatic N) is 1. The van der Waals surface area contributed by atoms with Crippen LogP contribution in [0, 0.1) is 12.7 Å². The zero-order valence-electron chi connectivity index (χ0n) is 9.64. The summed E-state index contributed by atoms with van der Waals surface area (Å²) in [6.45, 7) is 0.843. The van der Waals surface area contributed by atoms with Gasteiger partial charge in [-0.25, -0.2) is 13.2 Å². The lowest BCUT2D eigenvalue weighted by Crippen LogP contribution is -2.32. The van der Waals surface area contributed by atoms with E-state index in [0.717, 1.165) is 4.90 Å². The van der Waals surface area contributed by atoms with Gasteiger partial charge in [0, 0.05) is 17.4 Å². The van der Waals surface area contributed by atoms with Crippen molar-refractivity contribution in [1.29, 1.82) is 0 Å². The van der Waals surface area contributed by atoms with E-state index in [1.807, 2.05) is 0 Å². The predicted octanol–water partition coefficient (Wildman–Crippen LogP) is 3.38. The van der Waals surface area contributed by atoms with Crippen molar-refractivity contribution in [2.24, 2.45) is 0 Å². The minimum Gasteiger partial charge on any atom is -0.332 e. The minimum absolute atomic E-state index is 0.0413. The molecule has 98 valence electrons. The van der Waals surface area contributed by atoms with Crippen molar-refractivity contribution in [1.82, 2.24) is 4.90 Å². The number of alkyl halides is 2. The van der Waals surface area contributed by atoms with E-state index in [1.165, 1.54) is 13.0 Å². The maximum Gasteiger partial charge on any atom is 0.267 e. The molecule has 1 aliphatic heterocycles. The molecule has 1 aliphatic rings. The van der Waals surface area contributed by atoms with Crippen molar-refractivity contribution in [3.8, 4) is 0 Å². The molecule has 1 heterocycles. The number of likely N-dealkylation sites (tertiary alicyclic amines) is 1. The fraction of sp³-hybridized carbons (Fsp3) is 0.417. The quantitative estimate of drug-likeness (QED) is 0.776. The Hall–Kier alpha value is -1.04. The summed E-state index contributed by atoms with van der Waals surface area (Å²) in [4.78, 5) is 12.9. The predicted molar refractivity (Wildman–Crippen MR) is 64.3 cm³/mol. The zero-order valence-corrected chi connectivity index (χ0v) is 11.2. The first-order valence-electron chi connectivity index (χ1n) is 5.43. The smallest absolute Gasteiger partial charge is 0.267 e. The molecule has 0 N–H and O–H groups in total. The molecule has 0 unspecified atom stereocenters. The molecule has 1 amide bonds. The average Bonchev–Trinajstić information content (AvgIpc) is 2.66. The van der Waals surface area contributed by atoms with Gasteiger partial charge in [0.05, 0.1) is 12.1 Å². The van der Waals surface area contributed by atoms with Crippen molar-refractivity contribution >= 4 is 21.8 Å². The first kappa shape index (κ1) is 13.4. The van der Waals surface area contributed by atoms with Crippen LogP contribution in [0.5, 0.6) is 0 Å². The highest BCUT2D eigenvalue weighted by atomic mass is 79.9. The summed E-state index contributed by atoms with van der Waals surface area (Å²) in [5.41, 5.74) is 0.139. The monoisotopic (exact) mass is 321 g/mol. The number of carbonyl (C=O) groups excluding carboxylic acids is 1. The maximum atomic E-state index is 13.9. The maximum absolute atomic E-state index is 13.9. The summed E-state index contributed by atoms with van der Waals surface area (Å²) in [7, 11) is 0. The second kappa shape index (κ2) is 4.57. The van der Waals surface area contributed by atoms with Crippen molar-refractivity contribution in [2.45, 2.75) is 19.3 Å². The van der Waals surface area contributed by atoms with Crippen molar-refractivity contribution in [2.75, 3.05) is 13.1 Å². The standard InChI is InChI=1S/C12H11BrF3NO/c1-7-9(13)3-2-8(10(7)14)11(18)17-5-4-12(15,16)6-17/h2-3H,4-6H2,1H3. The molecule has 2 rings (SSSR count). The van der Waals surface area contributed by atoms with Gasteiger partial charge in [0.25, 0.3) is 11.8 Å². The van der Waals surface area contributed by atoms with Crippen molar-refractivity contribution < 1.29 is 18.0 Å². The summed E-state index contributed by atoms with van der Waals surface area (Å²) >= 11 is 3.15. The number of hydrogen-bond donors (Lipinski definition) is 0. The SMILES string of the molecule is Cc1c(Br)ccc(C(=O)N2CCC(F)(F)C2)c1F. The van der Waals surface area contributed by atoms with Crippen LogP contribution in [0.1, 0.15) is 22.3 Å². The van der Waals surface area contributed by atoms with Crippen molar-refractivity contribution in [3.05, 3.63) is 33.5 Å². The van der Waals surface area contributed by atoms with Gasteiger partial charge in [-0.2, -0.15) is 0 Å². The van der Waals surface area contributed by atoms with Gasteiger partial charge in [-0.3, -0.25) is 4.79 Å². The number of halogens is 4. The topological polar surface area (TPSA) is 20.3 Å². The highest BCUT2D eigenvalue weighted by Gasteiger charge is 2.41. The minimum atomic E-state index is -2.86. The highest BCUT2D eigenvalue weighted by Crippen LogP contribution is 2.29. The largest absolute Gasteiger partial charge is 0.332 e. The second-order valence-electron chi connectivity index (χ2n) is 4.37. The third kappa shape index (κ3) is 2.39. The molecule has 18 heavy (non-hydrogen) atoms. The summed E-state index contributed by atoms with van der Waals surface area (Å²) in [6.07, 6.45) is -0.365. The first-order chi connectivity index (χ1) is 8.32. The molecule has 1 saturated heterocycles. The first-order valence-corrected chi connectivity index (χ1v) is 6.23. The van der Waals surface area contributed by atoms with Crippen LogP contribution < -0.4 is 0 Å². The van der Waals surface area contributed by atoms with Gasteiger partial charge >= 0.3 is 0 Å². The molecule has 0 spiro atoms. The van der Waals surface area contributed by atoms with Gasteiger partial charge in [-0.15, -0.1) is 0 Å². The number of benzene rings is 1. The van der Waals surface area contributed by atoms with E-state index in [0.29, 0.717) is 10.0 Å². The van der Waals surface area contributed by atoms with E-state index in [2.05, 4.69) is 15.9 Å². The number of rotatable bonds is 1. The van der Waals surface area contributed by atoms with Gasteiger partial charge in [0.15, 0.2) is 0 Å². The molecule has 0 aromatic heterocycles. The Balaban J connectivity index is 2.28. The molecule has 6 heteroatoms. The van der Waals surface area contributed by atoms with Crippen LogP contribution in [0.4, 0.5) is 13.2 Å². The van der Waals surface area contributed by atoms with E-state index < -0.39 is 24.2 Å². The lowest BCUT2D eigenvalue weighted by atomic mass is 10.1. The third-order valence-electron chi connectivity index (χ3n) is 3.01. The van der Waals surface area contributed by atoms with Crippen LogP contribution in [-0.2, 0) is 0 Å². The lowest BCUT2D eigenvalue weighted by Gasteiger charge is -2.17. The molecular formula is C12H11BrF3NO. The van der Waals surface area contributed by atoms with E-state index in [9.17, 15) is 18.0 Å². The van der Waals surface area contributed by atoms with Gasteiger partial charge in [-0.05, 0) is 24.6 Å². The Morgan fingerprint density at radius 2 is 2.11 bits per heavy atom. The van der Waals surface area contributed by atoms with E-state index in [1.54, 1.807) is 6.07 Å². The fourth-order valence-corrected chi connectivity index (χ4v) is 2.21. The normalized spacial score (nSPS) is 18.2. The van der Waals surface area contributed by atoms with Crippen LogP contribution >= 0.6 is 15.9 Å². The molecule has 0 saturated carbocycles. The molecule has 2 nitrogen and oxygen atoms in total. The average molecular weight is 322 g/mol. The van der Waals surface area contributed by atoms with Crippen LogP contribution in [0.3, 0.4) is 0 Å². The summed E-state index contributed by atoms with van der Waals surface area (Å²) in [5.74, 6) is -4.21. The van der Waals surface area contributed by atoms with E-state index in [4.69, 9.17) is 0 Å². The Labute approximate surface area is 111 Å². The van der Waals surface area contributed by atoms with Gasteiger partial charge in [0.1, 0.15) is 5.82 Å². The Bertz CT molecular complexity index is 504. The van der Waals surface area contributed by atoms with Crippen LogP contribution in [-0.4, -0.2) is 29.8 Å². The zero-order chi connectivity index (χ0) is 13.5. The summed E-state index contributed by atoms with van der Waals surface area (Å²) < 4.78 is 40.5. The third-order valence-corrected chi connectivity index (χ3v) is 3.87. The van der Waals surface area contributed by atoms with E-state index >= 15 is 0 Å². The molecule has 0 aliphatic carbocycles. The van der Waals surface area contributed by atoms with Crippen molar-refractivity contribution in [3.63, 3.8) is 0 Å². The Morgan fingerprint density at radius 3 is 2.67 bits per heavy atom. The lowest BCUT2D eigenvalue weighted by molar-refractivity contribution is 0.0119. The molecule has 1 aromatic carbocycles. The van der Waals surface area contributed by atoms with Gasteiger partial charge in [-0.1, -0.05) is 15.9 Å². The molecule has 0 radical (unpaired) electrons. The molecule has 1 aromatic rings. The molecule has 1 fully saturated rings.